The van der Waals surface area contributed by atoms with Crippen molar-refractivity contribution in [1.82, 2.24) is 0 Å². The molecule has 3 unspecified atom stereocenters. The van der Waals surface area contributed by atoms with Crippen molar-refractivity contribution in [1.29, 1.82) is 0 Å². The molecule has 3 aliphatic carbocycles. The van der Waals surface area contributed by atoms with Crippen LogP contribution in [0.5, 0.6) is 0 Å². The lowest BCUT2D eigenvalue weighted by atomic mass is 9.42. The number of allylic oxidation sites excluding steroid dienone is 2. The molecule has 3 fully saturated rings. The van der Waals surface area contributed by atoms with Gasteiger partial charge in [0.1, 0.15) is 0 Å². The fourth-order valence-corrected chi connectivity index (χ4v) is 5.99. The average molecular weight is 272 g/mol. The van der Waals surface area contributed by atoms with E-state index in [1.807, 2.05) is 0 Å². The lowest BCUT2D eigenvalue weighted by Gasteiger charge is -2.62. The molecule has 0 heterocycles. The number of hydrogen-bond acceptors (Lipinski definition) is 0. The van der Waals surface area contributed by atoms with E-state index in [4.69, 9.17) is 0 Å². The van der Waals surface area contributed by atoms with Crippen LogP contribution in [0.3, 0.4) is 0 Å². The third kappa shape index (κ3) is 1.86. The molecule has 0 N–H and O–H groups in total. The second kappa shape index (κ2) is 4.49. The van der Waals surface area contributed by atoms with Crippen LogP contribution in [0, 0.1) is 28.1 Å². The van der Waals surface area contributed by atoms with Crippen LogP contribution in [0.2, 0.25) is 0 Å². The van der Waals surface area contributed by atoms with Crippen molar-refractivity contribution in [2.24, 2.45) is 28.1 Å². The van der Waals surface area contributed by atoms with E-state index in [9.17, 15) is 0 Å². The van der Waals surface area contributed by atoms with Gasteiger partial charge in [-0.05, 0) is 79.4 Å². The van der Waals surface area contributed by atoms with Crippen LogP contribution < -0.4 is 0 Å². The first-order chi connectivity index (χ1) is 9.34. The Kier molecular flexibility index (Phi) is 3.23. The Bertz CT molecular complexity index is 433. The molecule has 20 heavy (non-hydrogen) atoms. The summed E-state index contributed by atoms with van der Waals surface area (Å²) >= 11 is 0. The predicted molar refractivity (Wildman–Crippen MR) is 87.6 cm³/mol. The van der Waals surface area contributed by atoms with Crippen molar-refractivity contribution < 1.29 is 0 Å². The van der Waals surface area contributed by atoms with Crippen LogP contribution in [0.25, 0.3) is 0 Å². The molecule has 0 amide bonds. The predicted octanol–water partition coefficient (Wildman–Crippen LogP) is 6.14. The van der Waals surface area contributed by atoms with Gasteiger partial charge in [0, 0.05) is 0 Å². The number of fused-ring (bicyclic) bond motifs is 3. The summed E-state index contributed by atoms with van der Waals surface area (Å²) < 4.78 is 0. The van der Waals surface area contributed by atoms with Crippen LogP contribution in [0.1, 0.15) is 72.1 Å². The molecule has 3 rings (SSSR count). The first kappa shape index (κ1) is 14.4. The highest BCUT2D eigenvalue weighted by atomic mass is 14.6. The van der Waals surface area contributed by atoms with E-state index < -0.39 is 0 Å². The standard InChI is InChI=1S/C20H32/c1-6-18(3)12-13-20(5)16(14-18)10-11-19(4)15(2)8-7-9-17(19)20/h6,16-17H,1-2,7-14H2,3-5H3/t16?,17?,18-,19?,20+/m0/s1. The molecular formula is C20H32. The Morgan fingerprint density at radius 3 is 2.55 bits per heavy atom. The van der Waals surface area contributed by atoms with E-state index in [2.05, 4.69) is 40.0 Å². The fraction of sp³-hybridized carbons (Fsp3) is 0.800. The van der Waals surface area contributed by atoms with Gasteiger partial charge in [-0.2, -0.15) is 0 Å². The first-order valence-electron chi connectivity index (χ1n) is 8.66. The van der Waals surface area contributed by atoms with Crippen LogP contribution in [-0.4, -0.2) is 0 Å². The zero-order chi connectivity index (χ0) is 14.6. The molecule has 0 bridgehead atoms. The zero-order valence-electron chi connectivity index (χ0n) is 13.8. The van der Waals surface area contributed by atoms with E-state index in [-0.39, 0.29) is 0 Å². The van der Waals surface area contributed by atoms with Gasteiger partial charge in [-0.1, -0.05) is 39.0 Å². The third-order valence-corrected chi connectivity index (χ3v) is 7.73. The Hall–Kier alpha value is -0.520. The second-order valence-electron chi connectivity index (χ2n) is 8.77. The molecule has 0 aliphatic heterocycles. The second-order valence-corrected chi connectivity index (χ2v) is 8.77. The number of rotatable bonds is 1. The van der Waals surface area contributed by atoms with Crippen molar-refractivity contribution in [3.63, 3.8) is 0 Å². The fourth-order valence-electron chi connectivity index (χ4n) is 5.99. The van der Waals surface area contributed by atoms with Gasteiger partial charge in [0.2, 0.25) is 0 Å². The molecule has 0 aromatic rings. The van der Waals surface area contributed by atoms with Gasteiger partial charge in [-0.25, -0.2) is 0 Å². The summed E-state index contributed by atoms with van der Waals surface area (Å²) in [7, 11) is 0. The maximum Gasteiger partial charge on any atom is -0.00854 e. The Balaban J connectivity index is 1.92. The maximum atomic E-state index is 4.47. The maximum absolute atomic E-state index is 4.47. The molecule has 0 aromatic carbocycles. The average Bonchev–Trinajstić information content (AvgIpc) is 2.43. The van der Waals surface area contributed by atoms with E-state index in [0.717, 1.165) is 11.8 Å². The minimum Gasteiger partial charge on any atom is -0.103 e. The van der Waals surface area contributed by atoms with Crippen molar-refractivity contribution in [2.75, 3.05) is 0 Å². The summed E-state index contributed by atoms with van der Waals surface area (Å²) in [5.74, 6) is 1.78. The summed E-state index contributed by atoms with van der Waals surface area (Å²) in [5, 5.41) is 0. The number of hydrogen-bond donors (Lipinski definition) is 0. The summed E-state index contributed by atoms with van der Waals surface area (Å²) in [4.78, 5) is 0. The highest BCUT2D eigenvalue weighted by molar-refractivity contribution is 5.20. The van der Waals surface area contributed by atoms with Crippen molar-refractivity contribution in [3.8, 4) is 0 Å². The van der Waals surface area contributed by atoms with Gasteiger partial charge >= 0.3 is 0 Å². The van der Waals surface area contributed by atoms with Gasteiger partial charge in [-0.15, -0.1) is 6.58 Å². The zero-order valence-corrected chi connectivity index (χ0v) is 13.8. The Morgan fingerprint density at radius 1 is 1.10 bits per heavy atom. The third-order valence-electron chi connectivity index (χ3n) is 7.73. The van der Waals surface area contributed by atoms with E-state index in [0.29, 0.717) is 16.2 Å². The highest BCUT2D eigenvalue weighted by Gasteiger charge is 2.57. The molecule has 0 aromatic heterocycles. The molecule has 0 spiro atoms. The van der Waals surface area contributed by atoms with Gasteiger partial charge < -0.3 is 0 Å². The SMILES string of the molecule is C=C[C@@]1(C)CC[C@]2(C)C(CCC3(C)C(=C)CCCC32)C1. The van der Waals surface area contributed by atoms with Crippen molar-refractivity contribution in [3.05, 3.63) is 24.8 Å². The van der Waals surface area contributed by atoms with Gasteiger partial charge in [0.25, 0.3) is 0 Å². The van der Waals surface area contributed by atoms with E-state index >= 15 is 0 Å². The molecule has 0 heteroatoms. The normalized spacial score (nSPS) is 52.0. The summed E-state index contributed by atoms with van der Waals surface area (Å²) in [6, 6.07) is 0. The molecule has 5 atom stereocenters. The highest BCUT2D eigenvalue weighted by Crippen LogP contribution is 2.66. The van der Waals surface area contributed by atoms with Gasteiger partial charge in [0.05, 0.1) is 0 Å². The van der Waals surface area contributed by atoms with E-state index in [1.54, 1.807) is 5.57 Å². The van der Waals surface area contributed by atoms with E-state index in [1.165, 1.54) is 51.4 Å². The smallest absolute Gasteiger partial charge is 0.00854 e. The molecule has 0 nitrogen and oxygen atoms in total. The van der Waals surface area contributed by atoms with Gasteiger partial charge in [0.15, 0.2) is 0 Å². The van der Waals surface area contributed by atoms with Crippen LogP contribution >= 0.6 is 0 Å². The monoisotopic (exact) mass is 272 g/mol. The lowest BCUT2D eigenvalue weighted by Crippen LogP contribution is -2.53. The molecular weight excluding hydrogens is 240 g/mol. The lowest BCUT2D eigenvalue weighted by molar-refractivity contribution is -0.0979. The quantitative estimate of drug-likeness (QED) is 0.503. The summed E-state index contributed by atoms with van der Waals surface area (Å²) in [5.41, 5.74) is 2.94. The van der Waals surface area contributed by atoms with Crippen molar-refractivity contribution in [2.45, 2.75) is 72.1 Å². The topological polar surface area (TPSA) is 0 Å². The molecule has 3 aliphatic rings. The molecule has 0 saturated heterocycles. The molecule has 0 radical (unpaired) electrons. The molecule has 112 valence electrons. The summed E-state index contributed by atoms with van der Waals surface area (Å²) in [6.45, 7) is 16.1. The largest absolute Gasteiger partial charge is 0.103 e. The van der Waals surface area contributed by atoms with Crippen LogP contribution in [-0.2, 0) is 0 Å². The first-order valence-corrected chi connectivity index (χ1v) is 8.66. The van der Waals surface area contributed by atoms with Crippen LogP contribution in [0.15, 0.2) is 24.8 Å². The molecule has 3 saturated carbocycles. The minimum absolute atomic E-state index is 0.392. The Morgan fingerprint density at radius 2 is 1.85 bits per heavy atom. The minimum atomic E-state index is 0.392. The van der Waals surface area contributed by atoms with Crippen molar-refractivity contribution >= 4 is 0 Å². The van der Waals surface area contributed by atoms with Crippen LogP contribution in [0.4, 0.5) is 0 Å². The summed E-state index contributed by atoms with van der Waals surface area (Å²) in [6.07, 6.45) is 13.2. The van der Waals surface area contributed by atoms with Gasteiger partial charge in [-0.3, -0.25) is 0 Å². The Labute approximate surface area is 125 Å².